The van der Waals surface area contributed by atoms with E-state index in [9.17, 15) is 4.79 Å². The molecule has 0 radical (unpaired) electrons. The van der Waals surface area contributed by atoms with Gasteiger partial charge in [-0.3, -0.25) is 4.79 Å². The molecule has 3 heterocycles. The van der Waals surface area contributed by atoms with Crippen LogP contribution in [0.15, 0.2) is 65.2 Å². The van der Waals surface area contributed by atoms with Crippen molar-refractivity contribution in [1.29, 1.82) is 0 Å². The molecule has 2 fully saturated rings. The molecule has 6 nitrogen and oxygen atoms in total. The van der Waals surface area contributed by atoms with Gasteiger partial charge in [-0.1, -0.05) is 53.7 Å². The monoisotopic (exact) mass is 416 g/mol. The van der Waals surface area contributed by atoms with Crippen LogP contribution < -0.4 is 0 Å². The number of benzene rings is 2. The molecule has 1 amide bonds. The summed E-state index contributed by atoms with van der Waals surface area (Å²) in [4.78, 5) is 22.3. The molecule has 0 N–H and O–H groups in total. The third-order valence-corrected chi connectivity index (χ3v) is 6.82. The van der Waals surface area contributed by atoms with Crippen LogP contribution in [0.5, 0.6) is 0 Å². The van der Waals surface area contributed by atoms with Gasteiger partial charge in [0.1, 0.15) is 0 Å². The fourth-order valence-electron chi connectivity index (χ4n) is 5.19. The molecular formula is C25H28N4O2. The summed E-state index contributed by atoms with van der Waals surface area (Å²) in [6.45, 7) is 6.07. The number of likely N-dealkylation sites (tertiary alicyclic amines) is 2. The Morgan fingerprint density at radius 2 is 1.84 bits per heavy atom. The van der Waals surface area contributed by atoms with Crippen molar-refractivity contribution in [3.05, 3.63) is 83.5 Å². The standard InChI is InChI=1S/C25H28N4O2/c1-19-26-24(31-27-19)25-17-28(14-12-20-8-4-2-5-9-20)15-13-22(25)16-29(18-25)23(30)21-10-6-3-7-11-21/h2-11,22H,12-18H2,1H3/t22-,25-/m0/s1. The van der Waals surface area contributed by atoms with E-state index < -0.39 is 0 Å². The van der Waals surface area contributed by atoms with Crippen molar-refractivity contribution < 1.29 is 9.32 Å². The zero-order valence-electron chi connectivity index (χ0n) is 17.9. The topological polar surface area (TPSA) is 62.5 Å². The van der Waals surface area contributed by atoms with Gasteiger partial charge in [0.2, 0.25) is 5.89 Å². The molecular weight excluding hydrogens is 388 g/mol. The number of fused-ring (bicyclic) bond motifs is 1. The number of hydrogen-bond acceptors (Lipinski definition) is 5. The summed E-state index contributed by atoms with van der Waals surface area (Å²) < 4.78 is 5.73. The Bertz CT molecular complexity index is 1040. The van der Waals surface area contributed by atoms with Gasteiger partial charge in [0.15, 0.2) is 5.82 Å². The van der Waals surface area contributed by atoms with Gasteiger partial charge < -0.3 is 14.3 Å². The van der Waals surface area contributed by atoms with Crippen molar-refractivity contribution >= 4 is 5.91 Å². The molecule has 2 aliphatic heterocycles. The lowest BCUT2D eigenvalue weighted by atomic mass is 9.73. The van der Waals surface area contributed by atoms with Gasteiger partial charge in [-0.25, -0.2) is 0 Å². The molecule has 5 rings (SSSR count). The molecule has 2 aliphatic rings. The molecule has 0 saturated carbocycles. The lowest BCUT2D eigenvalue weighted by Gasteiger charge is -2.41. The first-order valence-electron chi connectivity index (χ1n) is 11.1. The number of carbonyl (C=O) groups excluding carboxylic acids is 1. The SMILES string of the molecule is Cc1noc([C@]23CN(CCc4ccccc4)CC[C@H]2CN(C(=O)c2ccccc2)C3)n1. The number of aromatic nitrogens is 2. The molecule has 0 unspecified atom stereocenters. The Morgan fingerprint density at radius 1 is 1.10 bits per heavy atom. The largest absolute Gasteiger partial charge is 0.339 e. The Kier molecular flexibility index (Phi) is 5.32. The van der Waals surface area contributed by atoms with E-state index in [0.717, 1.165) is 44.6 Å². The lowest BCUT2D eigenvalue weighted by Crippen LogP contribution is -2.52. The summed E-state index contributed by atoms with van der Waals surface area (Å²) in [6.07, 6.45) is 2.03. The van der Waals surface area contributed by atoms with Crippen molar-refractivity contribution in [2.75, 3.05) is 32.7 Å². The van der Waals surface area contributed by atoms with E-state index >= 15 is 0 Å². The highest BCUT2D eigenvalue weighted by atomic mass is 16.5. The number of piperidine rings is 1. The van der Waals surface area contributed by atoms with Crippen LogP contribution in [0.4, 0.5) is 0 Å². The minimum Gasteiger partial charge on any atom is -0.339 e. The predicted octanol–water partition coefficient (Wildman–Crippen LogP) is 3.34. The zero-order chi connectivity index (χ0) is 21.3. The molecule has 31 heavy (non-hydrogen) atoms. The van der Waals surface area contributed by atoms with Crippen LogP contribution in [0, 0.1) is 12.8 Å². The van der Waals surface area contributed by atoms with Crippen molar-refractivity contribution in [3.63, 3.8) is 0 Å². The maximum atomic E-state index is 13.2. The average Bonchev–Trinajstić information content (AvgIpc) is 3.43. The van der Waals surface area contributed by atoms with Crippen LogP contribution in [0.1, 0.15) is 34.1 Å². The minimum atomic E-state index is -0.305. The molecule has 0 bridgehead atoms. The van der Waals surface area contributed by atoms with Gasteiger partial charge in [-0.15, -0.1) is 0 Å². The number of amides is 1. The number of carbonyl (C=O) groups is 1. The summed E-state index contributed by atoms with van der Waals surface area (Å²) >= 11 is 0. The molecule has 2 saturated heterocycles. The van der Waals surface area contributed by atoms with Crippen molar-refractivity contribution in [2.24, 2.45) is 5.92 Å². The van der Waals surface area contributed by atoms with Crippen LogP contribution in [0.2, 0.25) is 0 Å². The van der Waals surface area contributed by atoms with E-state index in [1.807, 2.05) is 42.2 Å². The molecule has 2 aromatic carbocycles. The quantitative estimate of drug-likeness (QED) is 0.638. The average molecular weight is 417 g/mol. The van der Waals surface area contributed by atoms with Gasteiger partial charge >= 0.3 is 0 Å². The molecule has 2 atom stereocenters. The fraction of sp³-hybridized carbons (Fsp3) is 0.400. The van der Waals surface area contributed by atoms with Crippen molar-refractivity contribution in [1.82, 2.24) is 19.9 Å². The van der Waals surface area contributed by atoms with Gasteiger partial charge in [-0.2, -0.15) is 4.98 Å². The van der Waals surface area contributed by atoms with Crippen molar-refractivity contribution in [3.8, 4) is 0 Å². The van der Waals surface area contributed by atoms with Crippen LogP contribution >= 0.6 is 0 Å². The second-order valence-corrected chi connectivity index (χ2v) is 8.85. The third kappa shape index (κ3) is 3.88. The Hall–Kier alpha value is -2.99. The summed E-state index contributed by atoms with van der Waals surface area (Å²) in [6, 6.07) is 20.1. The Morgan fingerprint density at radius 3 is 2.55 bits per heavy atom. The molecule has 0 aliphatic carbocycles. The third-order valence-electron chi connectivity index (χ3n) is 6.82. The highest BCUT2D eigenvalue weighted by Crippen LogP contribution is 2.44. The van der Waals surface area contributed by atoms with Gasteiger partial charge in [0, 0.05) is 31.7 Å². The maximum absolute atomic E-state index is 13.2. The normalized spacial score (nSPS) is 23.6. The van der Waals surface area contributed by atoms with E-state index in [1.165, 1.54) is 5.56 Å². The molecule has 1 aromatic heterocycles. The van der Waals surface area contributed by atoms with Gasteiger partial charge in [0.25, 0.3) is 5.91 Å². The Labute approximate surface area is 182 Å². The first kappa shape index (κ1) is 19.9. The maximum Gasteiger partial charge on any atom is 0.253 e. The lowest BCUT2D eigenvalue weighted by molar-refractivity contribution is 0.0764. The molecule has 6 heteroatoms. The van der Waals surface area contributed by atoms with Crippen molar-refractivity contribution in [2.45, 2.75) is 25.2 Å². The zero-order valence-corrected chi connectivity index (χ0v) is 17.9. The van der Waals surface area contributed by atoms with Crippen LogP contribution in [0.3, 0.4) is 0 Å². The van der Waals surface area contributed by atoms with E-state index in [2.05, 4.69) is 45.4 Å². The predicted molar refractivity (Wildman–Crippen MR) is 118 cm³/mol. The smallest absolute Gasteiger partial charge is 0.253 e. The summed E-state index contributed by atoms with van der Waals surface area (Å²) in [7, 11) is 0. The highest BCUT2D eigenvalue weighted by molar-refractivity contribution is 5.94. The van der Waals surface area contributed by atoms with Crippen LogP contribution in [0.25, 0.3) is 0 Å². The second-order valence-electron chi connectivity index (χ2n) is 8.85. The van der Waals surface area contributed by atoms with E-state index in [-0.39, 0.29) is 11.3 Å². The molecule has 0 spiro atoms. The van der Waals surface area contributed by atoms with Gasteiger partial charge in [0.05, 0.1) is 5.41 Å². The number of hydrogen-bond donors (Lipinski definition) is 0. The first-order chi connectivity index (χ1) is 15.1. The summed E-state index contributed by atoms with van der Waals surface area (Å²) in [5.41, 5.74) is 1.78. The summed E-state index contributed by atoms with van der Waals surface area (Å²) in [5.74, 6) is 1.74. The minimum absolute atomic E-state index is 0.0847. The Balaban J connectivity index is 1.38. The first-order valence-corrected chi connectivity index (χ1v) is 11.1. The highest BCUT2D eigenvalue weighted by Gasteiger charge is 2.55. The van der Waals surface area contributed by atoms with Crippen LogP contribution in [-0.4, -0.2) is 58.6 Å². The van der Waals surface area contributed by atoms with Crippen LogP contribution in [-0.2, 0) is 11.8 Å². The number of rotatable bonds is 5. The van der Waals surface area contributed by atoms with E-state index in [1.54, 1.807) is 0 Å². The van der Waals surface area contributed by atoms with Gasteiger partial charge in [-0.05, 0) is 49.9 Å². The summed E-state index contributed by atoms with van der Waals surface area (Å²) in [5, 5.41) is 4.09. The van der Waals surface area contributed by atoms with E-state index in [4.69, 9.17) is 4.52 Å². The number of aryl methyl sites for hydroxylation is 1. The molecule has 3 aromatic rings. The fourth-order valence-corrected chi connectivity index (χ4v) is 5.19. The number of nitrogens with zero attached hydrogens (tertiary/aromatic N) is 4. The van der Waals surface area contributed by atoms with E-state index in [0.29, 0.717) is 24.2 Å². The molecule has 160 valence electrons. The second kappa shape index (κ2) is 8.27.